The molecule has 6 rings (SSSR count). The number of ether oxygens (including phenoxy) is 2. The fraction of sp³-hybridized carbons (Fsp3) is 0.500. The number of carbonyl (C=O) groups excluding carboxylic acids is 2. The van der Waals surface area contributed by atoms with Crippen LogP contribution in [0.5, 0.6) is 5.75 Å². The van der Waals surface area contributed by atoms with Gasteiger partial charge >= 0.3 is 6.03 Å². The minimum Gasteiger partial charge on any atom is -0.493 e. The van der Waals surface area contributed by atoms with E-state index in [4.69, 9.17) is 42.7 Å². The maximum absolute atomic E-state index is 15.3. The summed E-state index contributed by atoms with van der Waals surface area (Å²) in [6, 6.07) is 17.1. The van der Waals surface area contributed by atoms with Crippen molar-refractivity contribution in [1.82, 2.24) is 24.6 Å². The molecule has 0 N–H and O–H groups in total. The fourth-order valence-electron chi connectivity index (χ4n) is 7.53. The van der Waals surface area contributed by atoms with Gasteiger partial charge in [-0.3, -0.25) is 24.6 Å². The maximum atomic E-state index is 15.3. The highest BCUT2D eigenvalue weighted by Crippen LogP contribution is 2.54. The topological polar surface area (TPSA) is 90.8 Å². The first-order valence-corrected chi connectivity index (χ1v) is 18.8. The van der Waals surface area contributed by atoms with Crippen LogP contribution >= 0.6 is 23.2 Å². The molecule has 52 heavy (non-hydrogen) atoms. The van der Waals surface area contributed by atoms with Crippen molar-refractivity contribution in [2.24, 2.45) is 4.99 Å². The number of hydrogen-bond acceptors (Lipinski definition) is 7. The van der Waals surface area contributed by atoms with E-state index < -0.39 is 11.1 Å². The summed E-state index contributed by atoms with van der Waals surface area (Å²) in [5.74, 6) is 1.17. The van der Waals surface area contributed by atoms with E-state index in [0.29, 0.717) is 79.6 Å². The molecule has 1 aromatic heterocycles. The van der Waals surface area contributed by atoms with E-state index in [1.54, 1.807) is 13.3 Å². The van der Waals surface area contributed by atoms with Crippen molar-refractivity contribution in [3.8, 4) is 5.75 Å². The molecular weight excluding hydrogens is 699 g/mol. The molecule has 0 unspecified atom stereocenters. The molecule has 10 nitrogen and oxygen atoms in total. The second-order valence-electron chi connectivity index (χ2n) is 15.2. The van der Waals surface area contributed by atoms with Crippen LogP contribution in [0.15, 0.2) is 65.8 Å². The van der Waals surface area contributed by atoms with Gasteiger partial charge in [-0.2, -0.15) is 0 Å². The smallest absolute Gasteiger partial charge is 0.326 e. The van der Waals surface area contributed by atoms with Crippen LogP contribution in [-0.2, 0) is 26.0 Å². The lowest BCUT2D eigenvalue weighted by Gasteiger charge is -2.47. The second-order valence-corrected chi connectivity index (χ2v) is 16.1. The molecular formula is C40H50Cl2N6O4. The average molecular weight is 750 g/mol. The van der Waals surface area contributed by atoms with Crippen molar-refractivity contribution in [3.05, 3.63) is 93.2 Å². The maximum Gasteiger partial charge on any atom is 0.326 e. The number of urea groups is 1. The zero-order chi connectivity index (χ0) is 37.4. The van der Waals surface area contributed by atoms with Gasteiger partial charge in [-0.05, 0) is 62.6 Å². The number of aromatic nitrogens is 1. The fourth-order valence-corrected chi connectivity index (χ4v) is 7.79. The number of piperazine rings is 1. The molecule has 0 radical (unpaired) electrons. The molecule has 3 atom stereocenters. The molecule has 2 aromatic carbocycles. The number of benzene rings is 2. The largest absolute Gasteiger partial charge is 0.493 e. The molecule has 0 bridgehead atoms. The number of hydrogen-bond donors (Lipinski definition) is 0. The zero-order valence-electron chi connectivity index (χ0n) is 31.3. The molecule has 3 aliphatic heterocycles. The van der Waals surface area contributed by atoms with Gasteiger partial charge in [0.2, 0.25) is 5.91 Å². The Kier molecular flexibility index (Phi) is 11.0. The van der Waals surface area contributed by atoms with Gasteiger partial charge in [-0.25, -0.2) is 4.79 Å². The van der Waals surface area contributed by atoms with Crippen LogP contribution in [0, 0.1) is 0 Å². The number of amidine groups is 1. The number of carbonyl (C=O) groups is 2. The van der Waals surface area contributed by atoms with Crippen molar-refractivity contribution >= 4 is 41.0 Å². The average Bonchev–Trinajstić information content (AvgIpc) is 3.70. The Morgan fingerprint density at radius 3 is 2.08 bits per heavy atom. The Labute approximate surface area is 317 Å². The lowest BCUT2D eigenvalue weighted by molar-refractivity contribution is -0.132. The molecule has 0 saturated carbocycles. The number of likely N-dealkylation sites (tertiary alicyclic amines) is 1. The van der Waals surface area contributed by atoms with Crippen molar-refractivity contribution in [1.29, 1.82) is 0 Å². The van der Waals surface area contributed by atoms with Gasteiger partial charge in [0.25, 0.3) is 0 Å². The Balaban J connectivity index is 1.41. The summed E-state index contributed by atoms with van der Waals surface area (Å²) in [6.07, 6.45) is 2.73. The molecule has 3 aromatic rings. The minimum atomic E-state index is -1.04. The van der Waals surface area contributed by atoms with Gasteiger partial charge in [-0.1, -0.05) is 68.2 Å². The predicted octanol–water partition coefficient (Wildman–Crippen LogP) is 6.96. The van der Waals surface area contributed by atoms with Gasteiger partial charge < -0.3 is 19.3 Å². The molecule has 3 aliphatic rings. The first-order chi connectivity index (χ1) is 24.7. The first kappa shape index (κ1) is 38.0. The first-order valence-electron chi connectivity index (χ1n) is 18.1. The van der Waals surface area contributed by atoms with E-state index in [0.717, 1.165) is 23.2 Å². The predicted molar refractivity (Wildman–Crippen MR) is 205 cm³/mol. The second kappa shape index (κ2) is 15.0. The number of halogens is 2. The third kappa shape index (κ3) is 7.15. The van der Waals surface area contributed by atoms with Crippen molar-refractivity contribution in [3.63, 3.8) is 0 Å². The van der Waals surface area contributed by atoms with E-state index in [1.807, 2.05) is 76.2 Å². The van der Waals surface area contributed by atoms with Crippen molar-refractivity contribution in [2.75, 3.05) is 59.5 Å². The Morgan fingerprint density at radius 2 is 1.52 bits per heavy atom. The van der Waals surface area contributed by atoms with Gasteiger partial charge in [0.1, 0.15) is 22.7 Å². The van der Waals surface area contributed by atoms with Crippen LogP contribution in [0.25, 0.3) is 0 Å². The third-order valence-corrected chi connectivity index (χ3v) is 11.5. The molecule has 4 heterocycles. The molecule has 0 spiro atoms. The summed E-state index contributed by atoms with van der Waals surface area (Å²) in [7, 11) is 1.69. The Bertz CT molecular complexity index is 1810. The standard InChI is InChI=1S/C40H50Cl2N6O4/c1-8-52-33-23-34(38(2,3)4)43-24-32(33)36-44-39(5,27-9-13-29(41)14-10-27)40(6,28-11-15-30(42)16-12-28)48(36)37(50)46-21-19-45(20-22-46)26-35(49)47-18-17-31(25-47)51-7/h9-16,23-24,31H,8,17-22,25-26H2,1-7H3/t31-,39+,40-/m1/s1. The summed E-state index contributed by atoms with van der Waals surface area (Å²) < 4.78 is 11.8. The quantitative estimate of drug-likeness (QED) is 0.248. The highest BCUT2D eigenvalue weighted by molar-refractivity contribution is 6.30. The SMILES string of the molecule is CCOc1cc(C(C)(C)C)ncc1C1=N[C@@](C)(c2ccc(Cl)cc2)[C@@](C)(c2ccc(Cl)cc2)N1C(=O)N1CCN(CC(=O)N2CC[C@@H](OC)C2)CC1. The molecule has 0 aliphatic carbocycles. The summed E-state index contributed by atoms with van der Waals surface area (Å²) in [5.41, 5.74) is 1.01. The molecule has 2 saturated heterocycles. The number of nitrogens with zero attached hydrogens (tertiary/aromatic N) is 6. The van der Waals surface area contributed by atoms with Crippen molar-refractivity contribution < 1.29 is 19.1 Å². The van der Waals surface area contributed by atoms with Gasteiger partial charge in [0.15, 0.2) is 0 Å². The highest BCUT2D eigenvalue weighted by atomic mass is 35.5. The Hall–Kier alpha value is -3.70. The van der Waals surface area contributed by atoms with Gasteiger partial charge in [0, 0.05) is 79.8 Å². The molecule has 278 valence electrons. The minimum absolute atomic E-state index is 0.0892. The number of aliphatic imine (C=N–C) groups is 1. The third-order valence-electron chi connectivity index (χ3n) is 10.9. The van der Waals surface area contributed by atoms with Crippen LogP contribution in [-0.4, -0.2) is 108 Å². The normalized spacial score (nSPS) is 24.0. The molecule has 3 amide bonds. The summed E-state index contributed by atoms with van der Waals surface area (Å²) in [6.45, 7) is 16.5. The zero-order valence-corrected chi connectivity index (χ0v) is 32.8. The van der Waals surface area contributed by atoms with Gasteiger partial charge in [0.05, 0.1) is 24.8 Å². The summed E-state index contributed by atoms with van der Waals surface area (Å²) in [5, 5.41) is 1.20. The molecule has 2 fully saturated rings. The monoisotopic (exact) mass is 748 g/mol. The van der Waals surface area contributed by atoms with Gasteiger partial charge in [-0.15, -0.1) is 0 Å². The number of methoxy groups -OCH3 is 1. The lowest BCUT2D eigenvalue weighted by atomic mass is 9.71. The highest BCUT2D eigenvalue weighted by Gasteiger charge is 2.60. The van der Waals surface area contributed by atoms with E-state index in [-0.39, 0.29) is 23.5 Å². The van der Waals surface area contributed by atoms with E-state index in [1.165, 1.54) is 0 Å². The van der Waals surface area contributed by atoms with Crippen LogP contribution in [0.4, 0.5) is 4.79 Å². The van der Waals surface area contributed by atoms with Crippen LogP contribution in [0.2, 0.25) is 10.0 Å². The summed E-state index contributed by atoms with van der Waals surface area (Å²) in [4.78, 5) is 46.5. The number of amides is 3. The lowest BCUT2D eigenvalue weighted by Crippen LogP contribution is -2.61. The Morgan fingerprint density at radius 1 is 0.904 bits per heavy atom. The number of pyridine rings is 1. The van der Waals surface area contributed by atoms with E-state index >= 15 is 4.79 Å². The number of rotatable bonds is 8. The van der Waals surface area contributed by atoms with Crippen LogP contribution < -0.4 is 4.74 Å². The van der Waals surface area contributed by atoms with Crippen LogP contribution in [0.1, 0.15) is 70.3 Å². The van der Waals surface area contributed by atoms with Crippen molar-refractivity contribution in [2.45, 2.75) is 70.6 Å². The molecule has 12 heteroatoms. The van der Waals surface area contributed by atoms with E-state index in [9.17, 15) is 4.79 Å². The van der Waals surface area contributed by atoms with Crippen LogP contribution in [0.3, 0.4) is 0 Å². The summed E-state index contributed by atoms with van der Waals surface area (Å²) >= 11 is 12.8. The van der Waals surface area contributed by atoms with E-state index in [2.05, 4.69) is 39.5 Å².